The maximum absolute atomic E-state index is 12.4. The van der Waals surface area contributed by atoms with E-state index >= 15 is 0 Å². The molecule has 126 valence electrons. The van der Waals surface area contributed by atoms with Crippen LogP contribution < -0.4 is 10.1 Å². The lowest BCUT2D eigenvalue weighted by Gasteiger charge is -2.10. The number of benzene rings is 2. The highest BCUT2D eigenvalue weighted by Crippen LogP contribution is 2.18. The van der Waals surface area contributed by atoms with Gasteiger partial charge in [0.05, 0.1) is 0 Å². The van der Waals surface area contributed by atoms with Crippen LogP contribution in [-0.2, 0) is 11.3 Å². The van der Waals surface area contributed by atoms with E-state index in [1.54, 1.807) is 30.3 Å². The summed E-state index contributed by atoms with van der Waals surface area (Å²) in [5, 5.41) is 2.67. The topological polar surface area (TPSA) is 60.3 Å². The van der Waals surface area contributed by atoms with Crippen LogP contribution in [0.5, 0.6) is 5.75 Å². The minimum atomic E-state index is -0.423. The van der Waals surface area contributed by atoms with Gasteiger partial charge in [-0.15, -0.1) is 0 Å². The van der Waals surface area contributed by atoms with E-state index < -0.39 is 5.97 Å². The third kappa shape index (κ3) is 4.35. The van der Waals surface area contributed by atoms with E-state index in [2.05, 4.69) is 5.32 Å². The minimum Gasteiger partial charge on any atom is -0.422 e. The van der Waals surface area contributed by atoms with Crippen molar-refractivity contribution >= 4 is 17.6 Å². The summed E-state index contributed by atoms with van der Waals surface area (Å²) in [6.45, 7) is 2.04. The average molecular weight is 334 g/mol. The van der Waals surface area contributed by atoms with Gasteiger partial charge in [-0.2, -0.15) is 0 Å². The first-order valence-corrected chi connectivity index (χ1v) is 7.91. The van der Waals surface area contributed by atoms with Crippen molar-refractivity contribution in [3.05, 3.63) is 84.2 Å². The predicted octanol–water partition coefficient (Wildman–Crippen LogP) is 3.71. The number of carbonyl (C=O) groups excluding carboxylic acids is 2. The minimum absolute atomic E-state index is 0.150. The van der Waals surface area contributed by atoms with Gasteiger partial charge >= 0.3 is 5.97 Å². The molecule has 0 aliphatic rings. The molecule has 5 heteroatoms. The summed E-state index contributed by atoms with van der Waals surface area (Å²) in [6, 6.07) is 20.1. The van der Waals surface area contributed by atoms with Crippen molar-refractivity contribution < 1.29 is 14.3 Å². The highest BCUT2D eigenvalue weighted by molar-refractivity contribution is 5.90. The Morgan fingerprint density at radius 1 is 0.960 bits per heavy atom. The van der Waals surface area contributed by atoms with Gasteiger partial charge in [0.25, 0.3) is 0 Å². The number of nitrogens with one attached hydrogen (secondary N) is 1. The third-order valence-electron chi connectivity index (χ3n) is 3.62. The number of hydrogen-bond donors (Lipinski definition) is 1. The van der Waals surface area contributed by atoms with Crippen molar-refractivity contribution in [1.82, 2.24) is 4.57 Å². The summed E-state index contributed by atoms with van der Waals surface area (Å²) in [6.07, 6.45) is 1.85. The predicted molar refractivity (Wildman–Crippen MR) is 95.7 cm³/mol. The molecule has 0 aliphatic carbocycles. The van der Waals surface area contributed by atoms with Crippen LogP contribution in [0.4, 0.5) is 5.69 Å². The molecular formula is C20H18N2O3. The van der Waals surface area contributed by atoms with Crippen LogP contribution >= 0.6 is 0 Å². The van der Waals surface area contributed by atoms with Crippen molar-refractivity contribution in [3.63, 3.8) is 0 Å². The van der Waals surface area contributed by atoms with Crippen molar-refractivity contribution in [3.8, 4) is 5.75 Å². The standard InChI is InChI=1S/C20H18N2O3/c1-15(23)21-17-9-11-18(12-10-17)25-20(24)19-8-5-13-22(19)14-16-6-3-2-4-7-16/h2-13H,14H2,1H3,(H,21,23). The van der Waals surface area contributed by atoms with E-state index in [1.807, 2.05) is 47.2 Å². The lowest BCUT2D eigenvalue weighted by Crippen LogP contribution is -2.15. The number of amides is 1. The highest BCUT2D eigenvalue weighted by Gasteiger charge is 2.13. The summed E-state index contributed by atoms with van der Waals surface area (Å²) < 4.78 is 7.28. The fourth-order valence-electron chi connectivity index (χ4n) is 2.49. The van der Waals surface area contributed by atoms with Crippen LogP contribution in [0.1, 0.15) is 23.0 Å². The van der Waals surface area contributed by atoms with E-state index in [9.17, 15) is 9.59 Å². The number of aromatic nitrogens is 1. The third-order valence-corrected chi connectivity index (χ3v) is 3.62. The molecule has 1 amide bonds. The zero-order valence-corrected chi connectivity index (χ0v) is 13.8. The molecule has 0 fully saturated rings. The first kappa shape index (κ1) is 16.5. The molecule has 0 spiro atoms. The monoisotopic (exact) mass is 334 g/mol. The van der Waals surface area contributed by atoms with Crippen molar-refractivity contribution in [1.29, 1.82) is 0 Å². The molecule has 2 aromatic carbocycles. The van der Waals surface area contributed by atoms with Gasteiger partial charge in [-0.05, 0) is 42.0 Å². The number of esters is 1. The smallest absolute Gasteiger partial charge is 0.360 e. The van der Waals surface area contributed by atoms with Gasteiger partial charge < -0.3 is 14.6 Å². The number of rotatable bonds is 5. The van der Waals surface area contributed by atoms with Crippen LogP contribution in [-0.4, -0.2) is 16.4 Å². The molecule has 25 heavy (non-hydrogen) atoms. The number of ether oxygens (including phenoxy) is 1. The first-order chi connectivity index (χ1) is 12.1. The van der Waals surface area contributed by atoms with E-state index in [0.29, 0.717) is 23.7 Å². The van der Waals surface area contributed by atoms with Gasteiger partial charge in [-0.25, -0.2) is 4.79 Å². The summed E-state index contributed by atoms with van der Waals surface area (Å²) in [5.74, 6) is -0.150. The lowest BCUT2D eigenvalue weighted by molar-refractivity contribution is -0.114. The van der Waals surface area contributed by atoms with Gasteiger partial charge in [0, 0.05) is 25.4 Å². The quantitative estimate of drug-likeness (QED) is 0.571. The maximum Gasteiger partial charge on any atom is 0.360 e. The molecule has 0 radical (unpaired) electrons. The van der Waals surface area contributed by atoms with E-state index in [1.165, 1.54) is 6.92 Å². The molecule has 1 aromatic heterocycles. The SMILES string of the molecule is CC(=O)Nc1ccc(OC(=O)c2cccn2Cc2ccccc2)cc1. The Bertz CT molecular complexity index is 867. The van der Waals surface area contributed by atoms with Gasteiger partial charge in [0.2, 0.25) is 5.91 Å². The zero-order chi connectivity index (χ0) is 17.6. The summed E-state index contributed by atoms with van der Waals surface area (Å²) >= 11 is 0. The average Bonchev–Trinajstić information content (AvgIpc) is 3.05. The maximum atomic E-state index is 12.4. The first-order valence-electron chi connectivity index (χ1n) is 7.91. The fourth-order valence-corrected chi connectivity index (χ4v) is 2.49. The largest absolute Gasteiger partial charge is 0.422 e. The van der Waals surface area contributed by atoms with Gasteiger partial charge in [-0.1, -0.05) is 30.3 Å². The van der Waals surface area contributed by atoms with E-state index in [0.717, 1.165) is 5.56 Å². The van der Waals surface area contributed by atoms with Gasteiger partial charge in [-0.3, -0.25) is 4.79 Å². The zero-order valence-electron chi connectivity index (χ0n) is 13.8. The second-order valence-corrected chi connectivity index (χ2v) is 5.60. The van der Waals surface area contributed by atoms with Crippen molar-refractivity contribution in [2.45, 2.75) is 13.5 Å². The summed E-state index contributed by atoms with van der Waals surface area (Å²) in [4.78, 5) is 23.5. The van der Waals surface area contributed by atoms with E-state index in [4.69, 9.17) is 4.74 Å². The van der Waals surface area contributed by atoms with Crippen LogP contribution in [0, 0.1) is 0 Å². The molecule has 0 aliphatic heterocycles. The molecule has 0 atom stereocenters. The summed E-state index contributed by atoms with van der Waals surface area (Å²) in [7, 11) is 0. The van der Waals surface area contributed by atoms with Gasteiger partial charge in [0.15, 0.2) is 0 Å². The number of nitrogens with zero attached hydrogens (tertiary/aromatic N) is 1. The Kier molecular flexibility index (Phi) is 4.95. The fraction of sp³-hybridized carbons (Fsp3) is 0.100. The van der Waals surface area contributed by atoms with Crippen LogP contribution in [0.2, 0.25) is 0 Å². The Labute approximate surface area is 145 Å². The lowest BCUT2D eigenvalue weighted by atomic mass is 10.2. The molecule has 0 saturated heterocycles. The van der Waals surface area contributed by atoms with Crippen molar-refractivity contribution in [2.75, 3.05) is 5.32 Å². The summed E-state index contributed by atoms with van der Waals surface area (Å²) in [5.41, 5.74) is 2.24. The molecular weight excluding hydrogens is 316 g/mol. The van der Waals surface area contributed by atoms with Crippen LogP contribution in [0.25, 0.3) is 0 Å². The second kappa shape index (κ2) is 7.49. The molecule has 5 nitrogen and oxygen atoms in total. The Balaban J connectivity index is 1.70. The normalized spacial score (nSPS) is 10.3. The molecule has 3 aromatic rings. The van der Waals surface area contributed by atoms with E-state index in [-0.39, 0.29) is 5.91 Å². The number of carbonyl (C=O) groups is 2. The Morgan fingerprint density at radius 3 is 2.36 bits per heavy atom. The number of hydrogen-bond acceptors (Lipinski definition) is 3. The molecule has 1 heterocycles. The second-order valence-electron chi connectivity index (χ2n) is 5.60. The van der Waals surface area contributed by atoms with Crippen LogP contribution in [0.3, 0.4) is 0 Å². The van der Waals surface area contributed by atoms with Gasteiger partial charge in [0.1, 0.15) is 11.4 Å². The molecule has 3 rings (SSSR count). The molecule has 0 bridgehead atoms. The Hall–Kier alpha value is -3.34. The Morgan fingerprint density at radius 2 is 1.68 bits per heavy atom. The van der Waals surface area contributed by atoms with Crippen LogP contribution in [0.15, 0.2) is 72.9 Å². The molecule has 0 unspecified atom stereocenters. The molecule has 0 saturated carbocycles. The van der Waals surface area contributed by atoms with Crippen molar-refractivity contribution in [2.24, 2.45) is 0 Å². The number of anilines is 1. The molecule has 1 N–H and O–H groups in total. The highest BCUT2D eigenvalue weighted by atomic mass is 16.5.